The Bertz CT molecular complexity index is 4260. The third kappa shape index (κ3) is 10.9. The molecule has 0 N–H and O–H groups in total. The molecule has 0 fully saturated rings. The summed E-state index contributed by atoms with van der Waals surface area (Å²) in [6, 6.07) is 66.5. The van der Waals surface area contributed by atoms with Gasteiger partial charge in [-0.15, -0.1) is 53.6 Å². The molecular formula is C75H66F3N4OPt-3. The van der Waals surface area contributed by atoms with Gasteiger partial charge in [-0.2, -0.15) is 6.07 Å². The number of benzene rings is 9. The first kappa shape index (κ1) is 57.6. The number of halogens is 3. The van der Waals surface area contributed by atoms with Crippen molar-refractivity contribution in [1.82, 2.24) is 9.55 Å². The topological polar surface area (TPSA) is 33.5 Å². The molecule has 2 aromatic heterocycles. The molecule has 0 aliphatic carbocycles. The summed E-state index contributed by atoms with van der Waals surface area (Å²) in [6.45, 7) is 26.1. The first-order valence-electron chi connectivity index (χ1n) is 28.4. The van der Waals surface area contributed by atoms with Crippen molar-refractivity contribution in [3.63, 3.8) is 0 Å². The molecular weight excluding hydrogens is 1220 g/mol. The molecule has 12 rings (SSSR count). The van der Waals surface area contributed by atoms with Crippen molar-refractivity contribution in [2.75, 3.05) is 9.80 Å². The number of rotatable bonds is 10. The first-order chi connectivity index (χ1) is 39.6. The van der Waals surface area contributed by atoms with E-state index in [1.54, 1.807) is 0 Å². The minimum atomic E-state index is -1.01. The summed E-state index contributed by atoms with van der Waals surface area (Å²) in [5.74, 6) is -1.12. The van der Waals surface area contributed by atoms with Gasteiger partial charge in [-0.3, -0.25) is 0 Å². The van der Waals surface area contributed by atoms with E-state index in [0.717, 1.165) is 107 Å². The first-order valence-corrected chi connectivity index (χ1v) is 28.4. The van der Waals surface area contributed by atoms with Gasteiger partial charge in [-0.25, -0.2) is 18.2 Å². The van der Waals surface area contributed by atoms with Crippen molar-refractivity contribution in [2.24, 2.45) is 0 Å². The van der Waals surface area contributed by atoms with Gasteiger partial charge in [-0.1, -0.05) is 185 Å². The number of hydrogen-bond acceptors (Lipinski definition) is 4. The number of anilines is 4. The molecule has 1 aliphatic rings. The molecule has 5 nitrogen and oxygen atoms in total. The molecule has 0 saturated carbocycles. The van der Waals surface area contributed by atoms with Crippen LogP contribution < -0.4 is 14.5 Å². The van der Waals surface area contributed by atoms with Crippen molar-refractivity contribution in [2.45, 2.75) is 98.3 Å². The van der Waals surface area contributed by atoms with E-state index in [2.05, 4.69) is 189 Å². The summed E-state index contributed by atoms with van der Waals surface area (Å²) in [5, 5.41) is 2.09. The van der Waals surface area contributed by atoms with Crippen LogP contribution in [0.5, 0.6) is 11.5 Å². The fourth-order valence-corrected chi connectivity index (χ4v) is 11.5. The van der Waals surface area contributed by atoms with Gasteiger partial charge in [0.15, 0.2) is 0 Å². The van der Waals surface area contributed by atoms with Gasteiger partial charge in [-0.05, 0) is 115 Å². The SMILES string of the molecule is CC(C)c1ccccc1-c1cc(Oc2[c-]c3c(cc2)c2ccccc2n3-c2cc(C(C)(C)C)ccn2)[c-]c(N2[CH-]N(c3c(-c4cc(C(C)(C)C)cc(C(C)(C)C)c4)cc(-c4ccccc4)cc3-c3c(F)cc(F)cc3F)c3ccccc32)c1.[Pt]. The van der Waals surface area contributed by atoms with Crippen LogP contribution in [0.1, 0.15) is 104 Å². The Morgan fingerprint density at radius 3 is 1.79 bits per heavy atom. The Labute approximate surface area is 506 Å². The van der Waals surface area contributed by atoms with Crippen LogP contribution in [0.2, 0.25) is 0 Å². The predicted molar refractivity (Wildman–Crippen MR) is 336 cm³/mol. The van der Waals surface area contributed by atoms with Crippen LogP contribution in [0, 0.1) is 36.3 Å². The van der Waals surface area contributed by atoms with Crippen molar-refractivity contribution >= 4 is 44.6 Å². The van der Waals surface area contributed by atoms with E-state index in [-0.39, 0.29) is 54.4 Å². The Hall–Kier alpha value is -8.19. The summed E-state index contributed by atoms with van der Waals surface area (Å²) in [7, 11) is 0. The van der Waals surface area contributed by atoms with E-state index in [0.29, 0.717) is 22.9 Å². The van der Waals surface area contributed by atoms with Gasteiger partial charge in [0.2, 0.25) is 0 Å². The van der Waals surface area contributed by atoms with Gasteiger partial charge in [0.05, 0.1) is 5.56 Å². The second-order valence-corrected chi connectivity index (χ2v) is 25.2. The zero-order chi connectivity index (χ0) is 58.3. The second-order valence-electron chi connectivity index (χ2n) is 25.2. The second kappa shape index (κ2) is 22.1. The Morgan fingerprint density at radius 1 is 0.500 bits per heavy atom. The number of pyridine rings is 1. The van der Waals surface area contributed by atoms with Gasteiger partial charge in [0.25, 0.3) is 0 Å². The van der Waals surface area contributed by atoms with Crippen molar-refractivity contribution in [3.05, 3.63) is 247 Å². The van der Waals surface area contributed by atoms with Crippen LogP contribution in [0.3, 0.4) is 0 Å². The van der Waals surface area contributed by atoms with Crippen LogP contribution in [0.25, 0.3) is 72.1 Å². The average Bonchev–Trinajstić information content (AvgIpc) is 3.44. The minimum absolute atomic E-state index is 0. The standard InChI is InChI=1S/C75H66F3N4O.Pt/c1-46(2)58-23-15-16-24-59(58)50-35-55(43-57(36-50)83-56-29-30-61-60-25-17-18-26-66(60)82(69(61)44-56)70-40-51(31-32-79-70)73(3,4)5)80-45-81(68-28-20-19-27-67(68)80)72-62(49-33-52(74(6,7)8)39-53(34-49)75(9,10)11)37-48(47-21-13-12-14-22-47)38-63(72)71-64(77)41-54(76)42-65(71)78;/h12-42,45-46H,1-11H3;/q-3;. The predicted octanol–water partition coefficient (Wildman–Crippen LogP) is 21.1. The molecule has 0 radical (unpaired) electrons. The molecule has 0 saturated heterocycles. The molecule has 0 unspecified atom stereocenters. The Morgan fingerprint density at radius 2 is 1.11 bits per heavy atom. The molecule has 1 aliphatic heterocycles. The van der Waals surface area contributed by atoms with Crippen molar-refractivity contribution in [3.8, 4) is 61.8 Å². The van der Waals surface area contributed by atoms with Crippen LogP contribution in [-0.4, -0.2) is 9.55 Å². The van der Waals surface area contributed by atoms with Crippen LogP contribution in [0.4, 0.5) is 35.9 Å². The van der Waals surface area contributed by atoms with Gasteiger partial charge in [0.1, 0.15) is 23.3 Å². The maximum Gasteiger partial charge on any atom is 0.136 e. The summed E-state index contributed by atoms with van der Waals surface area (Å²) >= 11 is 0. The molecule has 11 aromatic rings. The van der Waals surface area contributed by atoms with Crippen LogP contribution in [0.15, 0.2) is 188 Å². The molecule has 0 bridgehead atoms. The fourth-order valence-electron chi connectivity index (χ4n) is 11.5. The van der Waals surface area contributed by atoms with E-state index < -0.39 is 17.5 Å². The van der Waals surface area contributed by atoms with Gasteiger partial charge >= 0.3 is 0 Å². The maximum absolute atomic E-state index is 16.9. The normalized spacial score (nSPS) is 12.8. The van der Waals surface area contributed by atoms with E-state index in [9.17, 15) is 0 Å². The van der Waals surface area contributed by atoms with E-state index in [1.807, 2.05) is 96.6 Å². The Balaban J connectivity index is 0.00000736. The van der Waals surface area contributed by atoms with E-state index in [4.69, 9.17) is 9.72 Å². The third-order valence-corrected chi connectivity index (χ3v) is 15.9. The number of fused-ring (bicyclic) bond motifs is 4. The van der Waals surface area contributed by atoms with Gasteiger partial charge < -0.3 is 19.1 Å². The third-order valence-electron chi connectivity index (χ3n) is 15.9. The molecule has 9 aromatic carbocycles. The van der Waals surface area contributed by atoms with Gasteiger partial charge in [0, 0.05) is 84.6 Å². The quantitative estimate of drug-likeness (QED) is 0.128. The summed E-state index contributed by atoms with van der Waals surface area (Å²) in [5.41, 5.74) is 13.4. The maximum atomic E-state index is 16.9. The summed E-state index contributed by atoms with van der Waals surface area (Å²) in [6.07, 6.45) is 1.87. The molecule has 426 valence electrons. The number of aromatic nitrogens is 2. The molecule has 9 heteroatoms. The molecule has 0 atom stereocenters. The van der Waals surface area contributed by atoms with E-state index in [1.165, 1.54) is 0 Å². The number of nitrogens with zero attached hydrogens (tertiary/aromatic N) is 4. The van der Waals surface area contributed by atoms with Crippen LogP contribution >= 0.6 is 0 Å². The monoisotopic (exact) mass is 1290 g/mol. The Kier molecular flexibility index (Phi) is 15.2. The van der Waals surface area contributed by atoms with Crippen LogP contribution in [-0.2, 0) is 37.3 Å². The summed E-state index contributed by atoms with van der Waals surface area (Å²) in [4.78, 5) is 8.99. The van der Waals surface area contributed by atoms with Crippen molar-refractivity contribution < 1.29 is 39.0 Å². The summed E-state index contributed by atoms with van der Waals surface area (Å²) < 4.78 is 58.0. The number of para-hydroxylation sites is 3. The minimum Gasteiger partial charge on any atom is -0.509 e. The molecule has 0 amide bonds. The zero-order valence-electron chi connectivity index (χ0n) is 49.2. The largest absolute Gasteiger partial charge is 0.509 e. The van der Waals surface area contributed by atoms with E-state index >= 15 is 13.2 Å². The van der Waals surface area contributed by atoms with Crippen molar-refractivity contribution in [1.29, 1.82) is 0 Å². The molecule has 3 heterocycles. The smallest absolute Gasteiger partial charge is 0.136 e. The number of hydrogen-bond donors (Lipinski definition) is 0. The zero-order valence-corrected chi connectivity index (χ0v) is 51.5. The molecule has 0 spiro atoms. The average molecular weight is 1290 g/mol. The molecule has 84 heavy (non-hydrogen) atoms. The fraction of sp³-hybridized carbons (Fsp3) is 0.200. The number of ether oxygens (including phenoxy) is 1.